The van der Waals surface area contributed by atoms with Crippen molar-refractivity contribution in [3.05, 3.63) is 52.7 Å². The van der Waals surface area contributed by atoms with Crippen LogP contribution in [-0.2, 0) is 4.79 Å². The molecule has 1 aromatic rings. The van der Waals surface area contributed by atoms with Gasteiger partial charge in [0.1, 0.15) is 0 Å². The molecule has 1 saturated heterocycles. The summed E-state index contributed by atoms with van der Waals surface area (Å²) in [6.07, 6.45) is 25.4. The van der Waals surface area contributed by atoms with Gasteiger partial charge < -0.3 is 25.0 Å². The summed E-state index contributed by atoms with van der Waals surface area (Å²) < 4.78 is 2.33. The molecule has 4 bridgehead atoms. The third kappa shape index (κ3) is 5.88. The van der Waals surface area contributed by atoms with Crippen LogP contribution in [-0.4, -0.2) is 71.2 Å². The summed E-state index contributed by atoms with van der Waals surface area (Å²) in [5, 5.41) is 50.4. The molecule has 2 heterocycles. The number of hydrogen-bond acceptors (Lipinski definition) is 8. The molecule has 7 nitrogen and oxygen atoms in total. The summed E-state index contributed by atoms with van der Waals surface area (Å²) >= 11 is 0. The number of ketones is 1. The molecule has 0 spiro atoms. The molecular formula is C51H72N2O5S2. The maximum absolute atomic E-state index is 14.9. The van der Waals surface area contributed by atoms with Gasteiger partial charge in [-0.3, -0.25) is 4.79 Å². The van der Waals surface area contributed by atoms with E-state index in [1.54, 1.807) is 22.3 Å². The van der Waals surface area contributed by atoms with Crippen LogP contribution in [0.5, 0.6) is 0 Å². The number of aliphatic hydroxyl groups is 4. The highest BCUT2D eigenvalue weighted by Gasteiger charge is 2.73. The number of aliphatic hydroxyl groups excluding tert-OH is 3. The van der Waals surface area contributed by atoms with E-state index in [1.165, 1.54) is 44.9 Å². The SMILES string of the molecule is CC1(C)C[C@H](n2ccnc2)CSSC[C@H]2C[C@H]([C@@H]3C[C@@H]4CCCC5=C4[C@H](C1=C1CCCC[C@@H]51)[C@H]3O)[C@@]1(C)CC[C@H]3C(=CC(=O)[C@@H]4C[C@@H](O)[C@@H](O)C[C@@]43C3CCCCC3)[C@]21O. The fourth-order valence-electron chi connectivity index (χ4n) is 17.8. The monoisotopic (exact) mass is 856 g/mol. The number of hydrogen-bond donors (Lipinski definition) is 4. The zero-order valence-corrected chi connectivity index (χ0v) is 38.2. The molecule has 1 aromatic heterocycles. The van der Waals surface area contributed by atoms with E-state index in [2.05, 4.69) is 36.5 Å². The van der Waals surface area contributed by atoms with Crippen LogP contribution in [0.2, 0.25) is 0 Å². The predicted molar refractivity (Wildman–Crippen MR) is 240 cm³/mol. The molecule has 0 unspecified atom stereocenters. The van der Waals surface area contributed by atoms with Crippen LogP contribution in [0.25, 0.3) is 0 Å². The second kappa shape index (κ2) is 15.1. The lowest BCUT2D eigenvalue weighted by atomic mass is 9.41. The average Bonchev–Trinajstić information content (AvgIpc) is 3.86. The summed E-state index contributed by atoms with van der Waals surface area (Å²) in [5.41, 5.74) is 5.35. The van der Waals surface area contributed by atoms with Gasteiger partial charge in [-0.1, -0.05) is 90.3 Å². The Labute approximate surface area is 366 Å². The first-order valence-corrected chi connectivity index (χ1v) is 27.1. The first kappa shape index (κ1) is 41.4. The summed E-state index contributed by atoms with van der Waals surface area (Å²) in [5.74, 6) is 3.07. The maximum Gasteiger partial charge on any atom is 0.159 e. The van der Waals surface area contributed by atoms with Crippen molar-refractivity contribution in [1.82, 2.24) is 9.55 Å². The Morgan fingerprint density at radius 1 is 0.800 bits per heavy atom. The molecule has 0 aromatic carbocycles. The lowest BCUT2D eigenvalue weighted by Gasteiger charge is -2.64. The molecule has 7 fully saturated rings. The van der Waals surface area contributed by atoms with Gasteiger partial charge in [-0.25, -0.2) is 4.98 Å². The van der Waals surface area contributed by atoms with Crippen LogP contribution >= 0.6 is 21.6 Å². The summed E-state index contributed by atoms with van der Waals surface area (Å²) in [7, 11) is 3.86. The normalized spacial score (nSPS) is 48.0. The van der Waals surface area contributed by atoms with Gasteiger partial charge in [0.25, 0.3) is 0 Å². The van der Waals surface area contributed by atoms with Crippen molar-refractivity contribution in [3.63, 3.8) is 0 Å². The van der Waals surface area contributed by atoms with E-state index < -0.39 is 34.7 Å². The highest BCUT2D eigenvalue weighted by Crippen LogP contribution is 2.74. The van der Waals surface area contributed by atoms with Crippen LogP contribution in [0.3, 0.4) is 0 Å². The third-order valence-corrected chi connectivity index (χ3v) is 22.6. The number of imidazole rings is 1. The van der Waals surface area contributed by atoms with Crippen LogP contribution in [0, 0.1) is 69.5 Å². The molecule has 1 aliphatic heterocycles. The van der Waals surface area contributed by atoms with Crippen LogP contribution in [0.15, 0.2) is 52.7 Å². The van der Waals surface area contributed by atoms with Gasteiger partial charge in [-0.05, 0) is 148 Å². The minimum atomic E-state index is -1.18. The highest BCUT2D eigenvalue weighted by molar-refractivity contribution is 8.76. The van der Waals surface area contributed by atoms with Crippen molar-refractivity contribution in [3.8, 4) is 0 Å². The largest absolute Gasteiger partial charge is 0.392 e. The van der Waals surface area contributed by atoms with Gasteiger partial charge in [-0.15, -0.1) is 0 Å². The minimum absolute atomic E-state index is 0.0144. The summed E-state index contributed by atoms with van der Waals surface area (Å²) in [4.78, 5) is 19.4. The molecule has 4 N–H and O–H groups in total. The van der Waals surface area contributed by atoms with Gasteiger partial charge in [0, 0.05) is 59.0 Å². The maximum atomic E-state index is 14.9. The first-order chi connectivity index (χ1) is 28.9. The molecule has 0 radical (unpaired) electrons. The zero-order valence-electron chi connectivity index (χ0n) is 36.6. The van der Waals surface area contributed by atoms with Gasteiger partial charge in [0.05, 0.1) is 30.2 Å². The Kier molecular flexibility index (Phi) is 10.4. The Morgan fingerprint density at radius 2 is 1.58 bits per heavy atom. The second-order valence-electron chi connectivity index (χ2n) is 22.9. The Balaban J connectivity index is 1.06. The third-order valence-electron chi connectivity index (χ3n) is 20.1. The number of rotatable bonds is 2. The number of fused-ring (bicyclic) bond motifs is 13. The van der Waals surface area contributed by atoms with E-state index in [0.717, 1.165) is 81.3 Å². The number of carbonyl (C=O) groups is 1. The quantitative estimate of drug-likeness (QED) is 0.172. The molecule has 60 heavy (non-hydrogen) atoms. The van der Waals surface area contributed by atoms with Crippen molar-refractivity contribution >= 4 is 27.4 Å². The van der Waals surface area contributed by atoms with Gasteiger partial charge >= 0.3 is 0 Å². The molecular weight excluding hydrogens is 785 g/mol. The number of aromatic nitrogens is 2. The van der Waals surface area contributed by atoms with Crippen molar-refractivity contribution < 1.29 is 25.2 Å². The van der Waals surface area contributed by atoms with Crippen molar-refractivity contribution in [1.29, 1.82) is 0 Å². The van der Waals surface area contributed by atoms with Gasteiger partial charge in [-0.2, -0.15) is 0 Å². The fraction of sp³-hybridized carbons (Fsp3) is 0.804. The first-order valence-electron chi connectivity index (χ1n) is 24.6. The van der Waals surface area contributed by atoms with Gasteiger partial charge in [0.15, 0.2) is 5.78 Å². The molecule has 6 saturated carbocycles. The predicted octanol–water partition coefficient (Wildman–Crippen LogP) is 9.82. The number of carbonyl (C=O) groups excluding carboxylic acids is 1. The van der Waals surface area contributed by atoms with Crippen molar-refractivity contribution in [2.75, 3.05) is 11.5 Å². The van der Waals surface area contributed by atoms with E-state index in [-0.39, 0.29) is 52.7 Å². The van der Waals surface area contributed by atoms with Crippen molar-refractivity contribution in [2.45, 2.75) is 173 Å². The topological polar surface area (TPSA) is 116 Å². The van der Waals surface area contributed by atoms with E-state index in [0.29, 0.717) is 30.6 Å². The molecule has 0 amide bonds. The second-order valence-corrected chi connectivity index (χ2v) is 25.4. The molecule has 328 valence electrons. The van der Waals surface area contributed by atoms with E-state index in [1.807, 2.05) is 40.2 Å². The number of nitrogens with zero attached hydrogens (tertiary/aromatic N) is 2. The highest BCUT2D eigenvalue weighted by atomic mass is 33.1. The molecule has 9 heteroatoms. The molecule has 9 aliphatic carbocycles. The smallest absolute Gasteiger partial charge is 0.159 e. The standard InChI is InChI=1S/C51H72N2O5S2/c1-48(2)24-32(53-19-18-52-28-53)27-60-59-26-31-21-38(36-20-29-10-9-15-34-33-13-7-8-14-35(33)46(48)45(44(29)34)47(36)57)49(3)17-16-37-39(51(31,49)58)22-41(54)40-23-42(55)43(56)25-50(37,40)30-11-5-4-6-12-30/h18-19,22,28-33,36-38,40,42-43,45,47,55-58H,4-17,20-21,23-27H2,1-3H3/t29-,31+,32-,33-,36-,37-,38+,40-,42+,43-,45+,47-,49+,50-,51+/m0/s1. The Hall–Kier alpha value is -1.36. The summed E-state index contributed by atoms with van der Waals surface area (Å²) in [6.45, 7) is 7.39. The lowest BCUT2D eigenvalue weighted by Crippen LogP contribution is -2.65. The minimum Gasteiger partial charge on any atom is -0.392 e. The Bertz CT molecular complexity index is 1950. The molecule has 11 rings (SSSR count). The molecule has 10 aliphatic rings. The van der Waals surface area contributed by atoms with Crippen LogP contribution < -0.4 is 0 Å². The van der Waals surface area contributed by atoms with E-state index in [4.69, 9.17) is 0 Å². The van der Waals surface area contributed by atoms with Crippen molar-refractivity contribution in [2.24, 2.45) is 69.5 Å². The fourth-order valence-corrected chi connectivity index (χ4v) is 20.5. The summed E-state index contributed by atoms with van der Waals surface area (Å²) in [6, 6.07) is 0.245. The van der Waals surface area contributed by atoms with E-state index in [9.17, 15) is 25.2 Å². The van der Waals surface area contributed by atoms with Crippen LogP contribution in [0.4, 0.5) is 0 Å². The lowest BCUT2D eigenvalue weighted by molar-refractivity contribution is -0.178. The van der Waals surface area contributed by atoms with Gasteiger partial charge in [0.2, 0.25) is 0 Å². The molecule has 15 atom stereocenters. The number of allylic oxidation sites excluding steroid dienone is 3. The van der Waals surface area contributed by atoms with E-state index >= 15 is 0 Å². The zero-order chi connectivity index (χ0) is 41.3. The average molecular weight is 857 g/mol. The Morgan fingerprint density at radius 3 is 2.38 bits per heavy atom. The van der Waals surface area contributed by atoms with Crippen LogP contribution in [0.1, 0.15) is 149 Å².